The summed E-state index contributed by atoms with van der Waals surface area (Å²) in [7, 11) is 2.03. The first kappa shape index (κ1) is 11.0. The Bertz CT molecular complexity index is 139. The Hall–Kier alpha value is -0.0800. The third kappa shape index (κ3) is 2.68. The van der Waals surface area contributed by atoms with Gasteiger partial charge in [0.15, 0.2) is 0 Å². The molecule has 78 valence electrons. The molecule has 0 saturated heterocycles. The molecule has 2 N–H and O–H groups in total. The molecule has 2 heteroatoms. The summed E-state index contributed by atoms with van der Waals surface area (Å²) in [5.41, 5.74) is 0.250. The molecular weight excluding hydrogens is 162 g/mol. The van der Waals surface area contributed by atoms with E-state index in [1.807, 2.05) is 7.05 Å². The van der Waals surface area contributed by atoms with E-state index in [-0.39, 0.29) is 5.54 Å². The summed E-state index contributed by atoms with van der Waals surface area (Å²) in [5.74, 6) is 0.931. The third-order valence-electron chi connectivity index (χ3n) is 3.76. The quantitative estimate of drug-likeness (QED) is 0.701. The van der Waals surface area contributed by atoms with Gasteiger partial charge in [0.05, 0.1) is 0 Å². The summed E-state index contributed by atoms with van der Waals surface area (Å²) < 4.78 is 0. The van der Waals surface area contributed by atoms with Gasteiger partial charge in [-0.2, -0.15) is 0 Å². The SMILES string of the molecule is CCC1CCC(CCO)(NC)CC1. The summed E-state index contributed by atoms with van der Waals surface area (Å²) in [6.07, 6.45) is 7.37. The lowest BCUT2D eigenvalue weighted by molar-refractivity contribution is 0.147. The average molecular weight is 185 g/mol. The molecule has 1 rings (SSSR count). The fraction of sp³-hybridized carbons (Fsp3) is 1.00. The molecule has 0 aliphatic heterocycles. The fourth-order valence-electron chi connectivity index (χ4n) is 2.48. The molecule has 2 nitrogen and oxygen atoms in total. The highest BCUT2D eigenvalue weighted by molar-refractivity contribution is 4.91. The highest BCUT2D eigenvalue weighted by Gasteiger charge is 2.32. The van der Waals surface area contributed by atoms with Crippen molar-refractivity contribution < 1.29 is 5.11 Å². The van der Waals surface area contributed by atoms with Crippen LogP contribution in [0.2, 0.25) is 0 Å². The smallest absolute Gasteiger partial charge is 0.0448 e. The lowest BCUT2D eigenvalue weighted by Gasteiger charge is -2.39. The van der Waals surface area contributed by atoms with Crippen molar-refractivity contribution in [2.75, 3.05) is 13.7 Å². The standard InChI is InChI=1S/C11H23NO/c1-3-10-4-6-11(12-2,7-5-10)8-9-13/h10,12-13H,3-9H2,1-2H3. The Labute approximate surface area is 81.7 Å². The van der Waals surface area contributed by atoms with Gasteiger partial charge in [0.1, 0.15) is 0 Å². The van der Waals surface area contributed by atoms with Crippen molar-refractivity contribution in [3.05, 3.63) is 0 Å². The summed E-state index contributed by atoms with van der Waals surface area (Å²) >= 11 is 0. The van der Waals surface area contributed by atoms with Gasteiger partial charge in [-0.1, -0.05) is 13.3 Å². The van der Waals surface area contributed by atoms with Crippen LogP contribution < -0.4 is 5.32 Å². The number of rotatable bonds is 4. The Kier molecular flexibility index (Phi) is 4.20. The van der Waals surface area contributed by atoms with Gasteiger partial charge in [-0.3, -0.25) is 0 Å². The van der Waals surface area contributed by atoms with Gasteiger partial charge < -0.3 is 10.4 Å². The summed E-state index contributed by atoms with van der Waals surface area (Å²) in [6, 6.07) is 0. The molecule has 1 fully saturated rings. The van der Waals surface area contributed by atoms with Crippen LogP contribution in [-0.2, 0) is 0 Å². The first-order chi connectivity index (χ1) is 6.26. The second-order valence-corrected chi connectivity index (χ2v) is 4.36. The lowest BCUT2D eigenvalue weighted by atomic mass is 9.74. The van der Waals surface area contributed by atoms with E-state index in [0.29, 0.717) is 6.61 Å². The van der Waals surface area contributed by atoms with Crippen LogP contribution in [-0.4, -0.2) is 24.3 Å². The highest BCUT2D eigenvalue weighted by Crippen LogP contribution is 2.35. The first-order valence-corrected chi connectivity index (χ1v) is 5.56. The van der Waals surface area contributed by atoms with Crippen LogP contribution in [0.5, 0.6) is 0 Å². The molecule has 0 atom stereocenters. The van der Waals surface area contributed by atoms with Crippen molar-refractivity contribution in [1.82, 2.24) is 5.32 Å². The Morgan fingerprint density at radius 3 is 2.38 bits per heavy atom. The van der Waals surface area contributed by atoms with E-state index in [4.69, 9.17) is 5.11 Å². The van der Waals surface area contributed by atoms with Gasteiger partial charge in [-0.15, -0.1) is 0 Å². The van der Waals surface area contributed by atoms with Crippen LogP contribution in [0.25, 0.3) is 0 Å². The Morgan fingerprint density at radius 2 is 2.00 bits per heavy atom. The van der Waals surface area contributed by atoms with Crippen molar-refractivity contribution in [3.63, 3.8) is 0 Å². The first-order valence-electron chi connectivity index (χ1n) is 5.56. The highest BCUT2D eigenvalue weighted by atomic mass is 16.3. The molecule has 0 aromatic carbocycles. The molecule has 0 aromatic heterocycles. The van der Waals surface area contributed by atoms with E-state index >= 15 is 0 Å². The van der Waals surface area contributed by atoms with Gasteiger partial charge in [0, 0.05) is 12.1 Å². The number of hydrogen-bond acceptors (Lipinski definition) is 2. The lowest BCUT2D eigenvalue weighted by Crippen LogP contribution is -2.46. The maximum Gasteiger partial charge on any atom is 0.0448 e. The molecular formula is C11H23NO. The predicted molar refractivity (Wildman–Crippen MR) is 55.7 cm³/mol. The summed E-state index contributed by atoms with van der Waals surface area (Å²) in [5, 5.41) is 12.4. The zero-order valence-electron chi connectivity index (χ0n) is 8.97. The van der Waals surface area contributed by atoms with Gasteiger partial charge in [-0.05, 0) is 45.1 Å². The number of aliphatic hydroxyl groups excluding tert-OH is 1. The Balaban J connectivity index is 2.42. The van der Waals surface area contributed by atoms with Crippen LogP contribution in [0, 0.1) is 5.92 Å². The molecule has 0 bridgehead atoms. The maximum absolute atomic E-state index is 9.00. The van der Waals surface area contributed by atoms with Crippen molar-refractivity contribution >= 4 is 0 Å². The molecule has 0 amide bonds. The van der Waals surface area contributed by atoms with Crippen molar-refractivity contribution in [2.24, 2.45) is 5.92 Å². The fourth-order valence-corrected chi connectivity index (χ4v) is 2.48. The Morgan fingerprint density at radius 1 is 1.38 bits per heavy atom. The van der Waals surface area contributed by atoms with E-state index in [9.17, 15) is 0 Å². The zero-order valence-corrected chi connectivity index (χ0v) is 8.97. The maximum atomic E-state index is 9.00. The number of aliphatic hydroxyl groups is 1. The normalized spacial score (nSPS) is 34.8. The summed E-state index contributed by atoms with van der Waals surface area (Å²) in [6.45, 7) is 2.60. The molecule has 0 heterocycles. The topological polar surface area (TPSA) is 32.3 Å². The molecule has 1 aliphatic carbocycles. The molecule has 13 heavy (non-hydrogen) atoms. The number of nitrogens with one attached hydrogen (secondary N) is 1. The molecule has 0 radical (unpaired) electrons. The minimum atomic E-state index is 0.250. The van der Waals surface area contributed by atoms with Crippen LogP contribution in [0.15, 0.2) is 0 Å². The molecule has 0 spiro atoms. The molecule has 0 unspecified atom stereocenters. The minimum Gasteiger partial charge on any atom is -0.396 e. The van der Waals surface area contributed by atoms with E-state index in [0.717, 1.165) is 12.3 Å². The largest absolute Gasteiger partial charge is 0.396 e. The van der Waals surface area contributed by atoms with Crippen molar-refractivity contribution in [2.45, 2.75) is 51.0 Å². The van der Waals surface area contributed by atoms with Crippen LogP contribution in [0.4, 0.5) is 0 Å². The average Bonchev–Trinajstić information content (AvgIpc) is 2.19. The zero-order chi connectivity index (χ0) is 9.73. The third-order valence-corrected chi connectivity index (χ3v) is 3.76. The van der Waals surface area contributed by atoms with Crippen molar-refractivity contribution in [1.29, 1.82) is 0 Å². The predicted octanol–water partition coefficient (Wildman–Crippen LogP) is 1.93. The monoisotopic (exact) mass is 185 g/mol. The van der Waals surface area contributed by atoms with Crippen LogP contribution >= 0.6 is 0 Å². The second kappa shape index (κ2) is 4.97. The second-order valence-electron chi connectivity index (χ2n) is 4.36. The van der Waals surface area contributed by atoms with E-state index < -0.39 is 0 Å². The van der Waals surface area contributed by atoms with Crippen LogP contribution in [0.1, 0.15) is 45.4 Å². The molecule has 1 saturated carbocycles. The van der Waals surface area contributed by atoms with Gasteiger partial charge in [0.2, 0.25) is 0 Å². The van der Waals surface area contributed by atoms with E-state index in [2.05, 4.69) is 12.2 Å². The molecule has 0 aromatic rings. The van der Waals surface area contributed by atoms with Gasteiger partial charge in [0.25, 0.3) is 0 Å². The van der Waals surface area contributed by atoms with Crippen LogP contribution in [0.3, 0.4) is 0 Å². The van der Waals surface area contributed by atoms with E-state index in [1.165, 1.54) is 32.1 Å². The minimum absolute atomic E-state index is 0.250. The van der Waals surface area contributed by atoms with Crippen molar-refractivity contribution in [3.8, 4) is 0 Å². The summed E-state index contributed by atoms with van der Waals surface area (Å²) in [4.78, 5) is 0. The number of hydrogen-bond donors (Lipinski definition) is 2. The molecule has 1 aliphatic rings. The van der Waals surface area contributed by atoms with E-state index in [1.54, 1.807) is 0 Å². The van der Waals surface area contributed by atoms with Gasteiger partial charge in [-0.25, -0.2) is 0 Å². The van der Waals surface area contributed by atoms with Gasteiger partial charge >= 0.3 is 0 Å².